The van der Waals surface area contributed by atoms with Crippen LogP contribution in [0.4, 0.5) is 0 Å². The van der Waals surface area contributed by atoms with Crippen LogP contribution in [0.15, 0.2) is 24.3 Å². The van der Waals surface area contributed by atoms with Crippen LogP contribution >= 0.6 is 0 Å². The number of benzene rings is 1. The summed E-state index contributed by atoms with van der Waals surface area (Å²) >= 11 is 0. The Labute approximate surface area is 150 Å². The van der Waals surface area contributed by atoms with Crippen LogP contribution in [0.25, 0.3) is 0 Å². The lowest BCUT2D eigenvalue weighted by Crippen LogP contribution is -2.37. The second kappa shape index (κ2) is 7.99. The van der Waals surface area contributed by atoms with Crippen molar-refractivity contribution in [2.75, 3.05) is 39.9 Å². The Kier molecular flexibility index (Phi) is 5.72. The van der Waals surface area contributed by atoms with Gasteiger partial charge in [-0.15, -0.1) is 0 Å². The van der Waals surface area contributed by atoms with Gasteiger partial charge >= 0.3 is 0 Å². The van der Waals surface area contributed by atoms with E-state index in [1.807, 2.05) is 29.2 Å². The highest BCUT2D eigenvalue weighted by molar-refractivity contribution is 5.84. The van der Waals surface area contributed by atoms with E-state index in [0.29, 0.717) is 24.6 Å². The molecule has 2 saturated heterocycles. The van der Waals surface area contributed by atoms with Crippen LogP contribution in [0, 0.1) is 16.7 Å². The van der Waals surface area contributed by atoms with Gasteiger partial charge in [-0.2, -0.15) is 5.26 Å². The number of nitrogens with zero attached hydrogens (tertiary/aromatic N) is 3. The number of ether oxygens (including phenoxy) is 1. The predicted molar refractivity (Wildman–Crippen MR) is 95.8 cm³/mol. The number of methoxy groups -OCH3 is 1. The summed E-state index contributed by atoms with van der Waals surface area (Å²) in [6.45, 7) is 5.09. The van der Waals surface area contributed by atoms with Crippen molar-refractivity contribution in [2.24, 2.45) is 5.41 Å². The van der Waals surface area contributed by atoms with Gasteiger partial charge < -0.3 is 9.64 Å². The maximum Gasteiger partial charge on any atom is 0.228 e. The van der Waals surface area contributed by atoms with Crippen molar-refractivity contribution in [3.05, 3.63) is 35.4 Å². The molecule has 0 unspecified atom stereocenters. The molecule has 0 aromatic heterocycles. The molecule has 2 heterocycles. The molecule has 1 amide bonds. The van der Waals surface area contributed by atoms with Crippen LogP contribution in [-0.4, -0.2) is 55.6 Å². The zero-order chi connectivity index (χ0) is 17.7. The number of carbonyl (C=O) groups is 1. The lowest BCUT2D eigenvalue weighted by molar-refractivity contribution is -0.137. The normalized spacial score (nSPS) is 24.5. The van der Waals surface area contributed by atoms with Crippen molar-refractivity contribution in [1.29, 1.82) is 5.26 Å². The van der Waals surface area contributed by atoms with E-state index < -0.39 is 0 Å². The molecule has 0 N–H and O–H groups in total. The molecule has 0 radical (unpaired) electrons. The molecule has 134 valence electrons. The molecule has 0 bridgehead atoms. The fourth-order valence-corrected chi connectivity index (χ4v) is 4.12. The molecule has 1 spiro atoms. The lowest BCUT2D eigenvalue weighted by Gasteiger charge is -2.26. The first kappa shape index (κ1) is 17.9. The van der Waals surface area contributed by atoms with Gasteiger partial charge in [-0.1, -0.05) is 12.1 Å². The van der Waals surface area contributed by atoms with Gasteiger partial charge in [-0.05, 0) is 56.5 Å². The molecule has 0 saturated carbocycles. The quantitative estimate of drug-likeness (QED) is 0.825. The van der Waals surface area contributed by atoms with Crippen LogP contribution in [0.2, 0.25) is 0 Å². The number of likely N-dealkylation sites (tertiary alicyclic amines) is 2. The van der Waals surface area contributed by atoms with Gasteiger partial charge in [0.15, 0.2) is 0 Å². The minimum Gasteiger partial charge on any atom is -0.383 e. The van der Waals surface area contributed by atoms with Crippen molar-refractivity contribution >= 4 is 5.91 Å². The number of amides is 1. The van der Waals surface area contributed by atoms with Crippen molar-refractivity contribution < 1.29 is 9.53 Å². The van der Waals surface area contributed by atoms with Gasteiger partial charge in [-0.3, -0.25) is 9.69 Å². The minimum atomic E-state index is -0.146. The van der Waals surface area contributed by atoms with Crippen molar-refractivity contribution in [3.8, 4) is 6.07 Å². The summed E-state index contributed by atoms with van der Waals surface area (Å²) in [6, 6.07) is 9.98. The Morgan fingerprint density at radius 2 is 1.92 bits per heavy atom. The van der Waals surface area contributed by atoms with Crippen molar-refractivity contribution in [2.45, 2.75) is 32.2 Å². The molecule has 2 fully saturated rings. The predicted octanol–water partition coefficient (Wildman–Crippen LogP) is 2.41. The Bertz CT molecular complexity index is 637. The summed E-state index contributed by atoms with van der Waals surface area (Å²) in [5.74, 6) is 0.338. The van der Waals surface area contributed by atoms with E-state index in [-0.39, 0.29) is 5.41 Å². The largest absolute Gasteiger partial charge is 0.383 e. The first-order chi connectivity index (χ1) is 12.2. The van der Waals surface area contributed by atoms with E-state index >= 15 is 0 Å². The molecule has 1 atom stereocenters. The van der Waals surface area contributed by atoms with E-state index in [4.69, 9.17) is 10.00 Å². The summed E-state index contributed by atoms with van der Waals surface area (Å²) in [7, 11) is 1.68. The summed E-state index contributed by atoms with van der Waals surface area (Å²) in [6.07, 6.45) is 4.01. The van der Waals surface area contributed by atoms with Gasteiger partial charge in [0.05, 0.1) is 23.7 Å². The average Bonchev–Trinajstić information content (AvgIpc) is 2.81. The molecular formula is C20H27N3O2. The SMILES string of the molecule is COCCN1CC[C@@]2(CCCN(Cc3ccc(C#N)cc3)CC2)C1=O. The smallest absolute Gasteiger partial charge is 0.228 e. The van der Waals surface area contributed by atoms with Crippen LogP contribution in [-0.2, 0) is 16.1 Å². The van der Waals surface area contributed by atoms with Gasteiger partial charge in [0.1, 0.15) is 0 Å². The van der Waals surface area contributed by atoms with E-state index in [1.54, 1.807) is 7.11 Å². The van der Waals surface area contributed by atoms with E-state index in [0.717, 1.165) is 51.9 Å². The van der Waals surface area contributed by atoms with E-state index in [2.05, 4.69) is 11.0 Å². The zero-order valence-corrected chi connectivity index (χ0v) is 15.0. The molecule has 2 aliphatic rings. The van der Waals surface area contributed by atoms with Gasteiger partial charge in [0.2, 0.25) is 5.91 Å². The van der Waals surface area contributed by atoms with Crippen LogP contribution in [0.5, 0.6) is 0 Å². The highest BCUT2D eigenvalue weighted by Gasteiger charge is 2.46. The monoisotopic (exact) mass is 341 g/mol. The second-order valence-corrected chi connectivity index (χ2v) is 7.25. The maximum atomic E-state index is 12.9. The van der Waals surface area contributed by atoms with E-state index in [9.17, 15) is 4.79 Å². The first-order valence-electron chi connectivity index (χ1n) is 9.16. The molecule has 2 aliphatic heterocycles. The Morgan fingerprint density at radius 1 is 1.16 bits per heavy atom. The van der Waals surface area contributed by atoms with Gasteiger partial charge in [-0.25, -0.2) is 0 Å². The fourth-order valence-electron chi connectivity index (χ4n) is 4.12. The molecule has 5 heteroatoms. The van der Waals surface area contributed by atoms with Gasteiger partial charge in [0.25, 0.3) is 0 Å². The third-order valence-electron chi connectivity index (χ3n) is 5.69. The number of hydrogen-bond acceptors (Lipinski definition) is 4. The topological polar surface area (TPSA) is 56.6 Å². The fraction of sp³-hybridized carbons (Fsp3) is 0.600. The molecule has 5 nitrogen and oxygen atoms in total. The third-order valence-corrected chi connectivity index (χ3v) is 5.69. The number of rotatable bonds is 5. The Balaban J connectivity index is 1.58. The van der Waals surface area contributed by atoms with Crippen LogP contribution < -0.4 is 0 Å². The molecule has 3 rings (SSSR count). The Hall–Kier alpha value is -1.90. The summed E-state index contributed by atoms with van der Waals surface area (Å²) < 4.78 is 5.13. The zero-order valence-electron chi connectivity index (χ0n) is 15.0. The number of hydrogen-bond donors (Lipinski definition) is 0. The minimum absolute atomic E-state index is 0.146. The summed E-state index contributed by atoms with van der Waals surface area (Å²) in [4.78, 5) is 17.3. The Morgan fingerprint density at radius 3 is 2.64 bits per heavy atom. The third kappa shape index (κ3) is 4.02. The highest BCUT2D eigenvalue weighted by atomic mass is 16.5. The second-order valence-electron chi connectivity index (χ2n) is 7.25. The van der Waals surface area contributed by atoms with Gasteiger partial charge in [0, 0.05) is 26.7 Å². The van der Waals surface area contributed by atoms with Crippen LogP contribution in [0.3, 0.4) is 0 Å². The standard InChI is InChI=1S/C20H27N3O2/c1-25-14-13-23-12-9-20(19(23)24)7-2-10-22(11-8-20)16-18-5-3-17(15-21)4-6-18/h3-6H,2,7-14,16H2,1H3/t20-/m0/s1. The van der Waals surface area contributed by atoms with Crippen molar-refractivity contribution in [3.63, 3.8) is 0 Å². The van der Waals surface area contributed by atoms with Crippen LogP contribution in [0.1, 0.15) is 36.8 Å². The number of nitriles is 1. The maximum absolute atomic E-state index is 12.9. The molecule has 1 aromatic carbocycles. The summed E-state index contributed by atoms with van der Waals surface area (Å²) in [5, 5.41) is 8.90. The molecule has 0 aliphatic carbocycles. The average molecular weight is 341 g/mol. The lowest BCUT2D eigenvalue weighted by atomic mass is 9.79. The number of carbonyl (C=O) groups excluding carboxylic acids is 1. The van der Waals surface area contributed by atoms with E-state index in [1.165, 1.54) is 5.56 Å². The first-order valence-corrected chi connectivity index (χ1v) is 9.16. The molecule has 1 aromatic rings. The highest BCUT2D eigenvalue weighted by Crippen LogP contribution is 2.41. The van der Waals surface area contributed by atoms with Crippen molar-refractivity contribution in [1.82, 2.24) is 9.80 Å². The summed E-state index contributed by atoms with van der Waals surface area (Å²) in [5.41, 5.74) is 1.79. The molecular weight excluding hydrogens is 314 g/mol. The molecule has 25 heavy (non-hydrogen) atoms.